The number of carboxylic acid groups (broad SMARTS) is 4. The van der Waals surface area contributed by atoms with Crippen LogP contribution in [0.15, 0.2) is 77.4 Å². The molecule has 2 rings (SSSR count). The summed E-state index contributed by atoms with van der Waals surface area (Å²) >= 11 is 3.49. The van der Waals surface area contributed by atoms with Crippen molar-refractivity contribution < 1.29 is 39.6 Å². The quantitative estimate of drug-likeness (QED) is 0.340. The van der Waals surface area contributed by atoms with E-state index in [1.165, 1.54) is 5.56 Å². The molecular formula is C24H27BrN2O8. The molecule has 0 amide bonds. The number of aliphatic carboxylic acids is 4. The number of rotatable bonds is 9. The molecule has 0 bridgehead atoms. The fourth-order valence-electron chi connectivity index (χ4n) is 2.43. The van der Waals surface area contributed by atoms with Crippen molar-refractivity contribution in [3.8, 4) is 0 Å². The van der Waals surface area contributed by atoms with Gasteiger partial charge < -0.3 is 25.3 Å². The first-order chi connectivity index (χ1) is 16.4. The van der Waals surface area contributed by atoms with Crippen molar-refractivity contribution in [2.75, 3.05) is 20.6 Å². The van der Waals surface area contributed by atoms with E-state index in [2.05, 4.69) is 76.3 Å². The second kappa shape index (κ2) is 17.6. The molecule has 0 unspecified atom stereocenters. The smallest absolute Gasteiger partial charge is 0.328 e. The molecule has 0 radical (unpaired) electrons. The zero-order valence-electron chi connectivity index (χ0n) is 19.1. The van der Waals surface area contributed by atoms with Gasteiger partial charge in [-0.25, -0.2) is 19.2 Å². The van der Waals surface area contributed by atoms with Crippen molar-refractivity contribution in [2.24, 2.45) is 0 Å². The molecule has 11 heteroatoms. The van der Waals surface area contributed by atoms with E-state index >= 15 is 0 Å². The van der Waals surface area contributed by atoms with E-state index in [0.717, 1.165) is 23.1 Å². The molecule has 2 aromatic rings. The maximum Gasteiger partial charge on any atom is 0.328 e. The van der Waals surface area contributed by atoms with E-state index < -0.39 is 23.9 Å². The van der Waals surface area contributed by atoms with Crippen LogP contribution in [0.5, 0.6) is 0 Å². The topological polar surface area (TPSA) is 165 Å². The average molecular weight is 551 g/mol. The highest BCUT2D eigenvalue weighted by molar-refractivity contribution is 9.10. The summed E-state index contributed by atoms with van der Waals surface area (Å²) in [5.41, 5.74) is 2.47. The highest BCUT2D eigenvalue weighted by atomic mass is 79.9. The molecule has 0 aliphatic rings. The lowest BCUT2D eigenvalue weighted by atomic mass is 9.92. The Bertz CT molecular complexity index is 940. The first kappa shape index (κ1) is 31.2. The van der Waals surface area contributed by atoms with E-state index in [1.54, 1.807) is 0 Å². The van der Waals surface area contributed by atoms with Crippen molar-refractivity contribution in [3.63, 3.8) is 0 Å². The van der Waals surface area contributed by atoms with Crippen LogP contribution in [0.4, 0.5) is 0 Å². The number of carbonyl (C=O) groups is 4. The van der Waals surface area contributed by atoms with Crippen LogP contribution >= 0.6 is 15.9 Å². The van der Waals surface area contributed by atoms with Gasteiger partial charge in [-0.2, -0.15) is 0 Å². The van der Waals surface area contributed by atoms with Gasteiger partial charge in [0, 0.05) is 46.6 Å². The highest BCUT2D eigenvalue weighted by Gasteiger charge is 2.15. The van der Waals surface area contributed by atoms with Crippen molar-refractivity contribution >= 4 is 39.8 Å². The van der Waals surface area contributed by atoms with Gasteiger partial charge in [-0.05, 0) is 56.9 Å². The summed E-state index contributed by atoms with van der Waals surface area (Å²) in [6, 6.07) is 14.7. The van der Waals surface area contributed by atoms with E-state index in [0.29, 0.717) is 30.2 Å². The first-order valence-corrected chi connectivity index (χ1v) is 10.8. The summed E-state index contributed by atoms with van der Waals surface area (Å²) in [5.74, 6) is -4.67. The van der Waals surface area contributed by atoms with Gasteiger partial charge in [0.2, 0.25) is 0 Å². The maximum atomic E-state index is 9.55. The molecule has 1 aromatic carbocycles. The molecule has 0 saturated heterocycles. The normalized spacial score (nSPS) is 11.2. The predicted molar refractivity (Wildman–Crippen MR) is 132 cm³/mol. The molecule has 0 saturated carbocycles. The number of hydrogen-bond donors (Lipinski definition) is 4. The van der Waals surface area contributed by atoms with Gasteiger partial charge in [0.05, 0.1) is 0 Å². The monoisotopic (exact) mass is 550 g/mol. The summed E-state index contributed by atoms with van der Waals surface area (Å²) in [5, 5.41) is 31.2. The largest absolute Gasteiger partial charge is 0.478 e. The van der Waals surface area contributed by atoms with Crippen molar-refractivity contribution in [1.82, 2.24) is 9.88 Å². The number of pyridine rings is 1. The summed E-state index contributed by atoms with van der Waals surface area (Å²) in [4.78, 5) is 45.0. The number of hydrogen-bond acceptors (Lipinski definition) is 6. The van der Waals surface area contributed by atoms with Crippen LogP contribution in [0.1, 0.15) is 23.6 Å². The van der Waals surface area contributed by atoms with E-state index in [9.17, 15) is 19.2 Å². The number of nitrogens with zero attached hydrogens (tertiary/aromatic N) is 2. The molecule has 0 fully saturated rings. The van der Waals surface area contributed by atoms with Crippen LogP contribution in [0.25, 0.3) is 0 Å². The Morgan fingerprint density at radius 1 is 0.829 bits per heavy atom. The Balaban J connectivity index is 0.000000601. The molecule has 188 valence electrons. The Morgan fingerprint density at radius 2 is 1.29 bits per heavy atom. The number of halogens is 1. The molecule has 1 aromatic heterocycles. The summed E-state index contributed by atoms with van der Waals surface area (Å²) in [7, 11) is 4.22. The van der Waals surface area contributed by atoms with Gasteiger partial charge in [-0.1, -0.05) is 34.1 Å². The molecule has 1 heterocycles. The Morgan fingerprint density at radius 3 is 1.63 bits per heavy atom. The third-order valence-electron chi connectivity index (χ3n) is 3.92. The van der Waals surface area contributed by atoms with Crippen LogP contribution in [0, 0.1) is 0 Å². The van der Waals surface area contributed by atoms with Crippen LogP contribution in [0.3, 0.4) is 0 Å². The lowest BCUT2D eigenvalue weighted by Crippen LogP contribution is -2.17. The SMILES string of the molecule is CN(C)CC[C@@H](c1ccc(Br)cc1)c1ccccn1.O=C(O)/C=C\C(=O)O.O=C(O)/C=C\C(=O)O. The first-order valence-electron chi connectivity index (χ1n) is 10.0. The third kappa shape index (κ3) is 17.3. The predicted octanol–water partition coefficient (Wildman–Crippen LogP) is 3.35. The van der Waals surface area contributed by atoms with Gasteiger partial charge in [-0.15, -0.1) is 0 Å². The number of benzene rings is 1. The second-order valence-corrected chi connectivity index (χ2v) is 7.89. The van der Waals surface area contributed by atoms with Crippen LogP contribution < -0.4 is 0 Å². The van der Waals surface area contributed by atoms with E-state index in [1.807, 2.05) is 12.3 Å². The van der Waals surface area contributed by atoms with E-state index in [4.69, 9.17) is 20.4 Å². The van der Waals surface area contributed by atoms with Crippen molar-refractivity contribution in [1.29, 1.82) is 0 Å². The zero-order valence-corrected chi connectivity index (χ0v) is 20.7. The zero-order chi connectivity index (χ0) is 26.8. The number of carboxylic acids is 4. The molecule has 10 nitrogen and oxygen atoms in total. The summed E-state index contributed by atoms with van der Waals surface area (Å²) < 4.78 is 1.11. The Hall–Kier alpha value is -3.83. The van der Waals surface area contributed by atoms with Gasteiger partial charge in [0.15, 0.2) is 0 Å². The van der Waals surface area contributed by atoms with Crippen molar-refractivity contribution in [2.45, 2.75) is 12.3 Å². The van der Waals surface area contributed by atoms with Gasteiger partial charge in [-0.3, -0.25) is 4.98 Å². The maximum absolute atomic E-state index is 9.55. The lowest BCUT2D eigenvalue weighted by molar-refractivity contribution is -0.134. The molecule has 35 heavy (non-hydrogen) atoms. The molecule has 0 spiro atoms. The Kier molecular flexibility index (Phi) is 15.7. The molecule has 4 N–H and O–H groups in total. The molecule has 1 atom stereocenters. The van der Waals surface area contributed by atoms with E-state index in [-0.39, 0.29) is 0 Å². The minimum atomic E-state index is -1.26. The summed E-state index contributed by atoms with van der Waals surface area (Å²) in [6.45, 7) is 1.05. The van der Waals surface area contributed by atoms with Crippen LogP contribution in [-0.2, 0) is 19.2 Å². The second-order valence-electron chi connectivity index (χ2n) is 6.97. The number of aromatic nitrogens is 1. The fraction of sp³-hybridized carbons (Fsp3) is 0.208. The molecular weight excluding hydrogens is 524 g/mol. The minimum Gasteiger partial charge on any atom is -0.478 e. The molecule has 0 aliphatic carbocycles. The minimum absolute atomic E-state index is 0.358. The third-order valence-corrected chi connectivity index (χ3v) is 4.45. The van der Waals surface area contributed by atoms with Gasteiger partial charge in [0.1, 0.15) is 0 Å². The van der Waals surface area contributed by atoms with Gasteiger partial charge >= 0.3 is 23.9 Å². The fourth-order valence-corrected chi connectivity index (χ4v) is 2.70. The lowest BCUT2D eigenvalue weighted by Gasteiger charge is -2.19. The molecule has 0 aliphatic heterocycles. The summed E-state index contributed by atoms with van der Waals surface area (Å²) in [6.07, 6.45) is 5.18. The Labute approximate surface area is 211 Å². The van der Waals surface area contributed by atoms with Crippen LogP contribution in [-0.4, -0.2) is 74.8 Å². The van der Waals surface area contributed by atoms with Crippen LogP contribution in [0.2, 0.25) is 0 Å². The standard InChI is InChI=1S/C16H19BrN2.2C4H4O4/c1-19(2)12-10-15(16-5-3-4-11-18-16)13-6-8-14(17)9-7-13;2*5-3(6)1-2-4(7)8/h3-9,11,15H,10,12H2,1-2H3;2*1-2H,(H,5,6)(H,7,8)/b;2*2-1-/t15-;;/m0../s1. The van der Waals surface area contributed by atoms with Crippen molar-refractivity contribution in [3.05, 3.63) is 88.7 Å². The highest BCUT2D eigenvalue weighted by Crippen LogP contribution is 2.27. The average Bonchev–Trinajstić information content (AvgIpc) is 2.79. The van der Waals surface area contributed by atoms with Gasteiger partial charge in [0.25, 0.3) is 0 Å².